The van der Waals surface area contributed by atoms with Gasteiger partial charge in [-0.05, 0) is 26.8 Å². The van der Waals surface area contributed by atoms with Crippen LogP contribution in [0.4, 0.5) is 5.69 Å². The van der Waals surface area contributed by atoms with E-state index in [0.29, 0.717) is 16.7 Å². The smallest absolute Gasteiger partial charge is 0.275 e. The second kappa shape index (κ2) is 2.85. The van der Waals surface area contributed by atoms with Crippen molar-refractivity contribution in [3.05, 3.63) is 22.6 Å². The number of nitrogen functional groups attached to an aromatic ring is 1. The van der Waals surface area contributed by atoms with Crippen LogP contribution in [0.3, 0.4) is 0 Å². The number of nitrogens with zero attached hydrogens (tertiary/aromatic N) is 2. The minimum Gasteiger partial charge on any atom is -0.398 e. The van der Waals surface area contributed by atoms with Crippen molar-refractivity contribution in [3.63, 3.8) is 0 Å². The molecule has 0 unspecified atom stereocenters. The van der Waals surface area contributed by atoms with Gasteiger partial charge in [0.2, 0.25) is 0 Å². The number of nitrogens with two attached hydrogens (primary N) is 1. The number of rotatable bonds is 0. The largest absolute Gasteiger partial charge is 0.398 e. The Balaban J connectivity index is 2.92. The van der Waals surface area contributed by atoms with E-state index in [1.165, 1.54) is 0 Å². The summed E-state index contributed by atoms with van der Waals surface area (Å²) < 4.78 is 1.74. The summed E-state index contributed by atoms with van der Waals surface area (Å²) in [5, 5.41) is 3.22. The molecule has 5 heteroatoms. The Labute approximate surface area is 86.9 Å². The van der Waals surface area contributed by atoms with Gasteiger partial charge >= 0.3 is 0 Å². The first-order valence-electron chi connectivity index (χ1n) is 4.77. The lowest BCUT2D eigenvalue weighted by molar-refractivity contribution is 0.364. The summed E-state index contributed by atoms with van der Waals surface area (Å²) in [4.78, 5) is 15.9. The number of fused-ring (bicyclic) bond motifs is 1. The average Bonchev–Trinajstić information content (AvgIpc) is 2.44. The highest BCUT2D eigenvalue weighted by molar-refractivity contribution is 5.87. The maximum atomic E-state index is 11.7. The van der Waals surface area contributed by atoms with Gasteiger partial charge in [0.15, 0.2) is 5.65 Å². The van der Waals surface area contributed by atoms with E-state index < -0.39 is 0 Å². The van der Waals surface area contributed by atoms with Gasteiger partial charge in [-0.1, -0.05) is 0 Å². The Morgan fingerprint density at radius 2 is 2.13 bits per heavy atom. The normalized spacial score (nSPS) is 12.2. The van der Waals surface area contributed by atoms with Crippen molar-refractivity contribution in [2.24, 2.45) is 0 Å². The molecule has 0 saturated heterocycles. The van der Waals surface area contributed by atoms with Crippen molar-refractivity contribution >= 4 is 16.7 Å². The standard InChI is InChI=1S/C10H14N4O/c1-10(2,3)14-8-7(9(15)13-14)6(11)4-5-12-8/h4-5H,1-3H3,(H2,11,12)(H,13,15). The molecule has 2 aromatic rings. The zero-order chi connectivity index (χ0) is 11.2. The van der Waals surface area contributed by atoms with E-state index in [1.54, 1.807) is 16.9 Å². The van der Waals surface area contributed by atoms with Crippen LogP contribution in [0.5, 0.6) is 0 Å². The lowest BCUT2D eigenvalue weighted by atomic mass is 10.1. The van der Waals surface area contributed by atoms with E-state index in [1.807, 2.05) is 20.8 Å². The summed E-state index contributed by atoms with van der Waals surface area (Å²) in [6.07, 6.45) is 1.60. The van der Waals surface area contributed by atoms with E-state index in [-0.39, 0.29) is 11.1 Å². The third-order valence-electron chi connectivity index (χ3n) is 2.29. The molecular weight excluding hydrogens is 192 g/mol. The van der Waals surface area contributed by atoms with Gasteiger partial charge in [-0.15, -0.1) is 0 Å². The van der Waals surface area contributed by atoms with Crippen LogP contribution in [-0.4, -0.2) is 14.8 Å². The maximum Gasteiger partial charge on any atom is 0.275 e. The molecule has 0 radical (unpaired) electrons. The van der Waals surface area contributed by atoms with Gasteiger partial charge < -0.3 is 5.73 Å². The molecule has 0 bridgehead atoms. The Hall–Kier alpha value is -1.78. The molecule has 0 aliphatic carbocycles. The minimum absolute atomic E-state index is 0.189. The number of pyridine rings is 1. The summed E-state index contributed by atoms with van der Waals surface area (Å²) >= 11 is 0. The predicted octanol–water partition coefficient (Wildman–Crippen LogP) is 1.06. The van der Waals surface area contributed by atoms with E-state index >= 15 is 0 Å². The first-order chi connectivity index (χ1) is 6.91. The van der Waals surface area contributed by atoms with Crippen LogP contribution in [0, 0.1) is 0 Å². The van der Waals surface area contributed by atoms with E-state index in [9.17, 15) is 4.79 Å². The van der Waals surface area contributed by atoms with Gasteiger partial charge in [-0.2, -0.15) is 0 Å². The molecule has 0 spiro atoms. The summed E-state index contributed by atoms with van der Waals surface area (Å²) in [5.41, 5.74) is 6.40. The summed E-state index contributed by atoms with van der Waals surface area (Å²) in [6, 6.07) is 1.63. The molecule has 0 atom stereocenters. The van der Waals surface area contributed by atoms with Gasteiger partial charge in [0.25, 0.3) is 5.56 Å². The number of aromatic amines is 1. The fraction of sp³-hybridized carbons (Fsp3) is 0.400. The summed E-state index contributed by atoms with van der Waals surface area (Å²) in [6.45, 7) is 5.98. The molecule has 0 aliphatic rings. The number of anilines is 1. The van der Waals surface area contributed by atoms with E-state index in [2.05, 4.69) is 10.1 Å². The van der Waals surface area contributed by atoms with Crippen molar-refractivity contribution < 1.29 is 0 Å². The highest BCUT2D eigenvalue weighted by Crippen LogP contribution is 2.20. The molecule has 0 saturated carbocycles. The van der Waals surface area contributed by atoms with Crippen molar-refractivity contribution in [1.29, 1.82) is 0 Å². The van der Waals surface area contributed by atoms with Gasteiger partial charge in [0.05, 0.1) is 5.54 Å². The zero-order valence-corrected chi connectivity index (χ0v) is 9.03. The van der Waals surface area contributed by atoms with Crippen molar-refractivity contribution in [1.82, 2.24) is 14.8 Å². The molecule has 0 amide bonds. The number of nitrogens with one attached hydrogen (secondary N) is 1. The molecule has 80 valence electrons. The zero-order valence-electron chi connectivity index (χ0n) is 9.03. The van der Waals surface area contributed by atoms with Crippen LogP contribution in [0.1, 0.15) is 20.8 Å². The van der Waals surface area contributed by atoms with E-state index in [0.717, 1.165) is 0 Å². The second-order valence-corrected chi connectivity index (χ2v) is 4.55. The van der Waals surface area contributed by atoms with E-state index in [4.69, 9.17) is 5.73 Å². The lowest BCUT2D eigenvalue weighted by Crippen LogP contribution is -2.24. The highest BCUT2D eigenvalue weighted by atomic mass is 16.1. The quantitative estimate of drug-likeness (QED) is 0.676. The van der Waals surface area contributed by atoms with Crippen molar-refractivity contribution in [2.75, 3.05) is 5.73 Å². The molecule has 0 aliphatic heterocycles. The van der Waals surface area contributed by atoms with Crippen LogP contribution >= 0.6 is 0 Å². The van der Waals surface area contributed by atoms with Crippen LogP contribution in [0.2, 0.25) is 0 Å². The van der Waals surface area contributed by atoms with Gasteiger partial charge in [0.1, 0.15) is 5.39 Å². The molecule has 5 nitrogen and oxygen atoms in total. The molecule has 2 heterocycles. The van der Waals surface area contributed by atoms with Crippen LogP contribution in [-0.2, 0) is 5.54 Å². The first kappa shape index (κ1) is 9.76. The predicted molar refractivity (Wildman–Crippen MR) is 59.8 cm³/mol. The van der Waals surface area contributed by atoms with Gasteiger partial charge in [-0.25, -0.2) is 4.98 Å². The van der Waals surface area contributed by atoms with Gasteiger partial charge in [-0.3, -0.25) is 14.6 Å². The van der Waals surface area contributed by atoms with Crippen LogP contribution in [0.15, 0.2) is 17.1 Å². The molecule has 0 fully saturated rings. The number of aromatic nitrogens is 3. The average molecular weight is 206 g/mol. The second-order valence-electron chi connectivity index (χ2n) is 4.55. The molecule has 0 aromatic carbocycles. The Bertz CT molecular complexity index is 559. The maximum absolute atomic E-state index is 11.7. The fourth-order valence-corrected chi connectivity index (χ4v) is 1.56. The summed E-state index contributed by atoms with van der Waals surface area (Å²) in [7, 11) is 0. The SMILES string of the molecule is CC(C)(C)n1[nH]c(=O)c2c(N)ccnc21. The summed E-state index contributed by atoms with van der Waals surface area (Å²) in [5.74, 6) is 0. The Morgan fingerprint density at radius 3 is 2.73 bits per heavy atom. The fourth-order valence-electron chi connectivity index (χ4n) is 1.56. The molecule has 2 rings (SSSR count). The Morgan fingerprint density at radius 1 is 1.47 bits per heavy atom. The lowest BCUT2D eigenvalue weighted by Gasteiger charge is -2.20. The minimum atomic E-state index is -0.221. The molecule has 2 aromatic heterocycles. The topological polar surface area (TPSA) is 76.7 Å². The molecule has 3 N–H and O–H groups in total. The third-order valence-corrected chi connectivity index (χ3v) is 2.29. The van der Waals surface area contributed by atoms with Crippen molar-refractivity contribution in [3.8, 4) is 0 Å². The highest BCUT2D eigenvalue weighted by Gasteiger charge is 2.19. The number of H-pyrrole nitrogens is 1. The Kier molecular flexibility index (Phi) is 1.86. The monoisotopic (exact) mass is 206 g/mol. The molecular formula is C10H14N4O. The number of hydrogen-bond acceptors (Lipinski definition) is 3. The van der Waals surface area contributed by atoms with Crippen LogP contribution < -0.4 is 11.3 Å². The molecule has 15 heavy (non-hydrogen) atoms. The third kappa shape index (κ3) is 1.40. The van der Waals surface area contributed by atoms with Gasteiger partial charge in [0, 0.05) is 11.9 Å². The van der Waals surface area contributed by atoms with Crippen molar-refractivity contribution in [2.45, 2.75) is 26.3 Å². The van der Waals surface area contributed by atoms with Crippen LogP contribution in [0.25, 0.3) is 11.0 Å². The first-order valence-corrected chi connectivity index (χ1v) is 4.77. The number of hydrogen-bond donors (Lipinski definition) is 2.